The van der Waals surface area contributed by atoms with Crippen molar-refractivity contribution in [3.63, 3.8) is 0 Å². The Hall–Kier alpha value is -1.40. The van der Waals surface area contributed by atoms with Gasteiger partial charge in [0, 0.05) is 37.9 Å². The zero-order valence-corrected chi connectivity index (χ0v) is 9.77. The third-order valence-corrected chi connectivity index (χ3v) is 2.80. The van der Waals surface area contributed by atoms with Gasteiger partial charge in [-0.2, -0.15) is 4.98 Å². The number of nitrogen functional groups attached to an aromatic ring is 1. The topological polar surface area (TPSA) is 70.3 Å². The van der Waals surface area contributed by atoms with E-state index < -0.39 is 0 Å². The molecule has 0 bridgehead atoms. The Bertz CT molecular complexity index is 358. The fourth-order valence-corrected chi connectivity index (χ4v) is 1.81. The number of hydrogen-bond donors (Lipinski definition) is 2. The molecule has 1 aromatic heterocycles. The highest BCUT2D eigenvalue weighted by Crippen LogP contribution is 2.15. The Morgan fingerprint density at radius 1 is 1.25 bits per heavy atom. The van der Waals surface area contributed by atoms with Crippen LogP contribution in [0.1, 0.15) is 5.69 Å². The molecule has 3 N–H and O–H groups in total. The number of nitrogens with zero attached hydrogens (tertiary/aromatic N) is 4. The zero-order valence-electron chi connectivity index (χ0n) is 9.77. The van der Waals surface area contributed by atoms with Crippen LogP contribution in [-0.4, -0.2) is 48.1 Å². The predicted molar refractivity (Wildman–Crippen MR) is 64.3 cm³/mol. The normalized spacial score (nSPS) is 17.6. The van der Waals surface area contributed by atoms with E-state index in [9.17, 15) is 0 Å². The van der Waals surface area contributed by atoms with Gasteiger partial charge in [0.15, 0.2) is 0 Å². The van der Waals surface area contributed by atoms with E-state index in [1.54, 1.807) is 0 Å². The minimum atomic E-state index is 0.480. The third kappa shape index (κ3) is 2.40. The Kier molecular flexibility index (Phi) is 3.21. The van der Waals surface area contributed by atoms with Crippen molar-refractivity contribution in [2.75, 3.05) is 43.6 Å². The lowest BCUT2D eigenvalue weighted by Gasteiger charge is -2.33. The van der Waals surface area contributed by atoms with Gasteiger partial charge >= 0.3 is 0 Å². The zero-order chi connectivity index (χ0) is 11.5. The predicted octanol–water partition coefficient (Wildman–Crippen LogP) is -0.178. The lowest BCUT2D eigenvalue weighted by molar-refractivity contribution is 0.312. The van der Waals surface area contributed by atoms with Gasteiger partial charge < -0.3 is 9.80 Å². The van der Waals surface area contributed by atoms with Gasteiger partial charge in [0.1, 0.15) is 5.82 Å². The fourth-order valence-electron chi connectivity index (χ4n) is 1.81. The summed E-state index contributed by atoms with van der Waals surface area (Å²) in [4.78, 5) is 13.1. The molecule has 1 aliphatic rings. The second kappa shape index (κ2) is 4.63. The average Bonchev–Trinajstić information content (AvgIpc) is 2.29. The van der Waals surface area contributed by atoms with Crippen molar-refractivity contribution >= 4 is 11.8 Å². The van der Waals surface area contributed by atoms with Crippen molar-refractivity contribution in [2.24, 2.45) is 5.84 Å². The summed E-state index contributed by atoms with van der Waals surface area (Å²) in [7, 11) is 2.13. The maximum absolute atomic E-state index is 5.34. The molecule has 2 heterocycles. The van der Waals surface area contributed by atoms with E-state index in [-0.39, 0.29) is 0 Å². The van der Waals surface area contributed by atoms with Crippen LogP contribution in [0.2, 0.25) is 0 Å². The highest BCUT2D eigenvalue weighted by atomic mass is 15.3. The summed E-state index contributed by atoms with van der Waals surface area (Å²) < 4.78 is 0. The average molecular weight is 222 g/mol. The van der Waals surface area contributed by atoms with Gasteiger partial charge in [-0.25, -0.2) is 10.8 Å². The minimum Gasteiger partial charge on any atom is -0.354 e. The molecule has 2 rings (SSSR count). The molecule has 0 aliphatic carbocycles. The van der Waals surface area contributed by atoms with E-state index >= 15 is 0 Å². The van der Waals surface area contributed by atoms with Gasteiger partial charge in [-0.1, -0.05) is 0 Å². The molecular weight excluding hydrogens is 204 g/mol. The number of aromatic nitrogens is 2. The molecule has 0 spiro atoms. The summed E-state index contributed by atoms with van der Waals surface area (Å²) in [5, 5.41) is 0. The summed E-state index contributed by atoms with van der Waals surface area (Å²) in [6.07, 6.45) is 0. The third-order valence-electron chi connectivity index (χ3n) is 2.80. The number of nitrogens with one attached hydrogen (secondary N) is 1. The molecule has 0 aromatic carbocycles. The van der Waals surface area contributed by atoms with Gasteiger partial charge in [-0.3, -0.25) is 5.43 Å². The number of likely N-dealkylation sites (N-methyl/N-ethyl adjacent to an activating group) is 1. The molecule has 0 saturated carbocycles. The highest BCUT2D eigenvalue weighted by Gasteiger charge is 2.16. The molecule has 1 saturated heterocycles. The van der Waals surface area contributed by atoms with Crippen LogP contribution in [0.15, 0.2) is 6.07 Å². The number of aryl methyl sites for hydroxylation is 1. The van der Waals surface area contributed by atoms with Crippen LogP contribution in [0.25, 0.3) is 0 Å². The summed E-state index contributed by atoms with van der Waals surface area (Å²) in [5.74, 6) is 6.77. The van der Waals surface area contributed by atoms with E-state index in [0.29, 0.717) is 5.95 Å². The van der Waals surface area contributed by atoms with Gasteiger partial charge in [-0.15, -0.1) is 0 Å². The van der Waals surface area contributed by atoms with Crippen LogP contribution < -0.4 is 16.2 Å². The quantitative estimate of drug-likeness (QED) is 0.534. The first-order valence-electron chi connectivity index (χ1n) is 5.45. The Balaban J connectivity index is 2.16. The first-order chi connectivity index (χ1) is 7.69. The summed E-state index contributed by atoms with van der Waals surface area (Å²) >= 11 is 0. The number of rotatable bonds is 2. The Morgan fingerprint density at radius 2 is 1.94 bits per heavy atom. The lowest BCUT2D eigenvalue weighted by atomic mass is 10.3. The maximum Gasteiger partial charge on any atom is 0.239 e. The molecule has 1 fully saturated rings. The van der Waals surface area contributed by atoms with Crippen molar-refractivity contribution in [2.45, 2.75) is 6.92 Å². The van der Waals surface area contributed by atoms with E-state index in [1.807, 2.05) is 13.0 Å². The molecule has 6 heteroatoms. The van der Waals surface area contributed by atoms with Crippen molar-refractivity contribution in [1.82, 2.24) is 14.9 Å². The standard InChI is InChI=1S/C10H18N6/c1-8-7-9(13-10(12-8)14-11)16-5-3-15(2)4-6-16/h7H,3-6,11H2,1-2H3,(H,12,13,14). The van der Waals surface area contributed by atoms with Gasteiger partial charge in [-0.05, 0) is 14.0 Å². The van der Waals surface area contributed by atoms with Crippen LogP contribution in [0.5, 0.6) is 0 Å². The summed E-state index contributed by atoms with van der Waals surface area (Å²) in [5.41, 5.74) is 3.42. The van der Waals surface area contributed by atoms with Crippen molar-refractivity contribution in [1.29, 1.82) is 0 Å². The second-order valence-electron chi connectivity index (χ2n) is 4.13. The molecule has 1 aliphatic heterocycles. The van der Waals surface area contributed by atoms with Crippen LogP contribution in [0.3, 0.4) is 0 Å². The molecule has 0 unspecified atom stereocenters. The molecule has 6 nitrogen and oxygen atoms in total. The Labute approximate surface area is 95.4 Å². The van der Waals surface area contributed by atoms with E-state index in [1.165, 1.54) is 0 Å². The Morgan fingerprint density at radius 3 is 2.56 bits per heavy atom. The van der Waals surface area contributed by atoms with E-state index in [4.69, 9.17) is 5.84 Å². The van der Waals surface area contributed by atoms with Crippen molar-refractivity contribution in [3.05, 3.63) is 11.8 Å². The van der Waals surface area contributed by atoms with Crippen LogP contribution in [0, 0.1) is 6.92 Å². The monoisotopic (exact) mass is 222 g/mol. The van der Waals surface area contributed by atoms with Crippen molar-refractivity contribution < 1.29 is 0 Å². The molecule has 1 aromatic rings. The largest absolute Gasteiger partial charge is 0.354 e. The number of nitrogens with two attached hydrogens (primary N) is 1. The van der Waals surface area contributed by atoms with E-state index in [2.05, 4.69) is 32.2 Å². The molecule has 0 amide bonds. The lowest BCUT2D eigenvalue weighted by Crippen LogP contribution is -2.44. The highest BCUT2D eigenvalue weighted by molar-refractivity contribution is 5.44. The van der Waals surface area contributed by atoms with Crippen LogP contribution >= 0.6 is 0 Å². The second-order valence-corrected chi connectivity index (χ2v) is 4.13. The summed E-state index contributed by atoms with van der Waals surface area (Å²) in [6.45, 7) is 6.07. The fraction of sp³-hybridized carbons (Fsp3) is 0.600. The van der Waals surface area contributed by atoms with Gasteiger partial charge in [0.2, 0.25) is 5.95 Å². The van der Waals surface area contributed by atoms with Gasteiger partial charge in [0.05, 0.1) is 0 Å². The first-order valence-corrected chi connectivity index (χ1v) is 5.45. The molecular formula is C10H18N6. The molecule has 88 valence electrons. The SMILES string of the molecule is Cc1cc(N2CCN(C)CC2)nc(NN)n1. The van der Waals surface area contributed by atoms with Gasteiger partial charge in [0.25, 0.3) is 0 Å². The first kappa shape index (κ1) is 11.1. The van der Waals surface area contributed by atoms with E-state index in [0.717, 1.165) is 37.7 Å². The number of piperazine rings is 1. The molecule has 0 radical (unpaired) electrons. The number of hydrazine groups is 1. The number of hydrogen-bond acceptors (Lipinski definition) is 6. The smallest absolute Gasteiger partial charge is 0.239 e. The molecule has 0 atom stereocenters. The number of anilines is 2. The van der Waals surface area contributed by atoms with Crippen molar-refractivity contribution in [3.8, 4) is 0 Å². The van der Waals surface area contributed by atoms with Crippen LogP contribution in [-0.2, 0) is 0 Å². The van der Waals surface area contributed by atoms with Crippen LogP contribution in [0.4, 0.5) is 11.8 Å². The minimum absolute atomic E-state index is 0.480. The summed E-state index contributed by atoms with van der Waals surface area (Å²) in [6, 6.07) is 1.99. The molecule has 16 heavy (non-hydrogen) atoms. The maximum atomic E-state index is 5.34.